The van der Waals surface area contributed by atoms with Gasteiger partial charge in [0.25, 0.3) is 0 Å². The van der Waals surface area contributed by atoms with Crippen LogP contribution < -0.4 is 16.2 Å². The average molecular weight is 241 g/mol. The lowest BCUT2D eigenvalue weighted by Gasteiger charge is -2.24. The highest BCUT2D eigenvalue weighted by atomic mass is 32.1. The molecule has 3 N–H and O–H groups in total. The molecule has 0 atom stereocenters. The minimum absolute atomic E-state index is 0.0628. The zero-order valence-electron chi connectivity index (χ0n) is 9.42. The minimum atomic E-state index is 0.0628. The molecular weight excluding hydrogens is 222 g/mol. The number of hydrogen-bond donors (Lipinski definition) is 3. The maximum absolute atomic E-state index is 11.3. The Morgan fingerprint density at radius 2 is 1.69 bits per heavy atom. The topological polar surface area (TPSA) is 53.2 Å². The SMILES string of the molecule is O=C(NNC(=S)NC1CCCCC1)C1CC1. The summed E-state index contributed by atoms with van der Waals surface area (Å²) in [5.41, 5.74) is 5.41. The molecule has 2 saturated carbocycles. The summed E-state index contributed by atoms with van der Waals surface area (Å²) in [5.74, 6) is 0.276. The lowest BCUT2D eigenvalue weighted by molar-refractivity contribution is -0.122. The highest BCUT2D eigenvalue weighted by Crippen LogP contribution is 2.28. The van der Waals surface area contributed by atoms with Crippen LogP contribution in [0.2, 0.25) is 0 Å². The Morgan fingerprint density at radius 1 is 1.00 bits per heavy atom. The number of carbonyl (C=O) groups is 1. The number of carbonyl (C=O) groups excluding carboxylic acids is 1. The molecule has 2 rings (SSSR count). The maximum Gasteiger partial charge on any atom is 0.241 e. The van der Waals surface area contributed by atoms with E-state index in [1.807, 2.05) is 0 Å². The fourth-order valence-corrected chi connectivity index (χ4v) is 2.25. The Morgan fingerprint density at radius 3 is 2.31 bits per heavy atom. The van der Waals surface area contributed by atoms with Crippen LogP contribution in [0.4, 0.5) is 0 Å². The van der Waals surface area contributed by atoms with E-state index in [1.165, 1.54) is 32.1 Å². The van der Waals surface area contributed by atoms with Crippen molar-refractivity contribution in [3.63, 3.8) is 0 Å². The first-order valence-corrected chi connectivity index (χ1v) is 6.53. The second-order valence-electron chi connectivity index (χ2n) is 4.70. The standard InChI is InChI=1S/C11H19N3OS/c15-10(8-6-7-8)13-14-11(16)12-9-4-2-1-3-5-9/h8-9H,1-7H2,(H,13,15)(H2,12,14,16). The van der Waals surface area contributed by atoms with E-state index in [-0.39, 0.29) is 11.8 Å². The molecule has 0 aromatic heterocycles. The van der Waals surface area contributed by atoms with Gasteiger partial charge in [-0.2, -0.15) is 0 Å². The first-order valence-electron chi connectivity index (χ1n) is 6.12. The Kier molecular flexibility index (Phi) is 3.98. The molecule has 2 fully saturated rings. The number of hydrogen-bond acceptors (Lipinski definition) is 2. The van der Waals surface area contributed by atoms with E-state index in [1.54, 1.807) is 0 Å². The van der Waals surface area contributed by atoms with Crippen LogP contribution in [0.25, 0.3) is 0 Å². The summed E-state index contributed by atoms with van der Waals surface area (Å²) in [4.78, 5) is 11.3. The molecule has 0 aromatic rings. The molecule has 0 aromatic carbocycles. The summed E-state index contributed by atoms with van der Waals surface area (Å²) in [6.07, 6.45) is 8.25. The van der Waals surface area contributed by atoms with Gasteiger partial charge >= 0.3 is 0 Å². The van der Waals surface area contributed by atoms with Crippen LogP contribution >= 0.6 is 12.2 Å². The molecule has 0 spiro atoms. The molecule has 2 aliphatic carbocycles. The van der Waals surface area contributed by atoms with Gasteiger partial charge in [0.15, 0.2) is 5.11 Å². The summed E-state index contributed by atoms with van der Waals surface area (Å²) in [6, 6.07) is 0.478. The minimum Gasteiger partial charge on any atom is -0.359 e. The van der Waals surface area contributed by atoms with Crippen molar-refractivity contribution in [2.45, 2.75) is 51.0 Å². The summed E-state index contributed by atoms with van der Waals surface area (Å²) in [5, 5.41) is 3.78. The number of rotatable bonds is 2. The lowest BCUT2D eigenvalue weighted by atomic mass is 9.96. The van der Waals surface area contributed by atoms with Gasteiger partial charge in [-0.1, -0.05) is 19.3 Å². The number of amides is 1. The maximum atomic E-state index is 11.3. The zero-order chi connectivity index (χ0) is 11.4. The molecule has 90 valence electrons. The third-order valence-electron chi connectivity index (χ3n) is 3.19. The van der Waals surface area contributed by atoms with Gasteiger partial charge in [0.2, 0.25) is 5.91 Å². The molecular formula is C11H19N3OS. The van der Waals surface area contributed by atoms with Gasteiger partial charge in [-0.3, -0.25) is 15.6 Å². The van der Waals surface area contributed by atoms with Crippen molar-refractivity contribution in [3.8, 4) is 0 Å². The highest BCUT2D eigenvalue weighted by Gasteiger charge is 2.29. The van der Waals surface area contributed by atoms with Crippen LogP contribution in [0.5, 0.6) is 0 Å². The molecule has 0 unspecified atom stereocenters. The molecule has 0 radical (unpaired) electrons. The van der Waals surface area contributed by atoms with Gasteiger partial charge in [0, 0.05) is 12.0 Å². The lowest BCUT2D eigenvalue weighted by Crippen LogP contribution is -2.50. The molecule has 0 heterocycles. The van der Waals surface area contributed by atoms with Gasteiger partial charge < -0.3 is 5.32 Å². The summed E-state index contributed by atoms with van der Waals surface area (Å²) in [6.45, 7) is 0. The number of hydrazine groups is 1. The molecule has 0 saturated heterocycles. The highest BCUT2D eigenvalue weighted by molar-refractivity contribution is 7.80. The predicted molar refractivity (Wildman–Crippen MR) is 66.6 cm³/mol. The Bertz CT molecular complexity index is 272. The van der Waals surface area contributed by atoms with Crippen LogP contribution in [0.1, 0.15) is 44.9 Å². The molecule has 0 aliphatic heterocycles. The van der Waals surface area contributed by atoms with Crippen molar-refractivity contribution in [2.75, 3.05) is 0 Å². The normalized spacial score (nSPS) is 21.2. The van der Waals surface area contributed by atoms with Crippen molar-refractivity contribution in [2.24, 2.45) is 5.92 Å². The summed E-state index contributed by atoms with van der Waals surface area (Å²) in [7, 11) is 0. The molecule has 0 bridgehead atoms. The van der Waals surface area contributed by atoms with E-state index < -0.39 is 0 Å². The van der Waals surface area contributed by atoms with Gasteiger partial charge in [0.05, 0.1) is 0 Å². The van der Waals surface area contributed by atoms with E-state index in [2.05, 4.69) is 16.2 Å². The third kappa shape index (κ3) is 3.63. The number of nitrogens with one attached hydrogen (secondary N) is 3. The summed E-state index contributed by atoms with van der Waals surface area (Å²) >= 11 is 5.12. The van der Waals surface area contributed by atoms with Crippen molar-refractivity contribution in [1.82, 2.24) is 16.2 Å². The molecule has 4 nitrogen and oxygen atoms in total. The second-order valence-corrected chi connectivity index (χ2v) is 5.11. The van der Waals surface area contributed by atoms with E-state index in [0.717, 1.165) is 12.8 Å². The first kappa shape index (κ1) is 11.6. The van der Waals surface area contributed by atoms with Crippen LogP contribution in [0, 0.1) is 5.92 Å². The molecule has 16 heavy (non-hydrogen) atoms. The van der Waals surface area contributed by atoms with Gasteiger partial charge in [-0.05, 0) is 37.9 Å². The second kappa shape index (κ2) is 5.48. The summed E-state index contributed by atoms with van der Waals surface area (Å²) < 4.78 is 0. The van der Waals surface area contributed by atoms with Crippen molar-refractivity contribution in [3.05, 3.63) is 0 Å². The zero-order valence-corrected chi connectivity index (χ0v) is 10.2. The smallest absolute Gasteiger partial charge is 0.241 e. The molecule has 1 amide bonds. The fourth-order valence-electron chi connectivity index (χ4n) is 2.03. The largest absolute Gasteiger partial charge is 0.359 e. The Labute approximate surface area is 102 Å². The monoisotopic (exact) mass is 241 g/mol. The average Bonchev–Trinajstić information content (AvgIpc) is 3.11. The van der Waals surface area contributed by atoms with Crippen molar-refractivity contribution < 1.29 is 4.79 Å². The van der Waals surface area contributed by atoms with Crippen molar-refractivity contribution >= 4 is 23.2 Å². The quantitative estimate of drug-likeness (QED) is 0.503. The predicted octanol–water partition coefficient (Wildman–Crippen LogP) is 1.22. The number of thiocarbonyl (C=S) groups is 1. The molecule has 2 aliphatic rings. The Balaban J connectivity index is 1.61. The van der Waals surface area contributed by atoms with Crippen LogP contribution in [0.15, 0.2) is 0 Å². The Hall–Kier alpha value is -0.840. The van der Waals surface area contributed by atoms with E-state index in [9.17, 15) is 4.79 Å². The third-order valence-corrected chi connectivity index (χ3v) is 3.41. The first-order chi connectivity index (χ1) is 7.75. The van der Waals surface area contributed by atoms with Gasteiger partial charge in [0.1, 0.15) is 0 Å². The molecule has 5 heteroatoms. The van der Waals surface area contributed by atoms with E-state index in [0.29, 0.717) is 11.2 Å². The van der Waals surface area contributed by atoms with Crippen LogP contribution in [-0.2, 0) is 4.79 Å². The van der Waals surface area contributed by atoms with E-state index >= 15 is 0 Å². The van der Waals surface area contributed by atoms with Gasteiger partial charge in [-0.25, -0.2) is 0 Å². The van der Waals surface area contributed by atoms with E-state index in [4.69, 9.17) is 12.2 Å². The van der Waals surface area contributed by atoms with Gasteiger partial charge in [-0.15, -0.1) is 0 Å². The van der Waals surface area contributed by atoms with Crippen molar-refractivity contribution in [1.29, 1.82) is 0 Å². The fraction of sp³-hybridized carbons (Fsp3) is 0.818. The van der Waals surface area contributed by atoms with Crippen LogP contribution in [0.3, 0.4) is 0 Å². The van der Waals surface area contributed by atoms with Crippen LogP contribution in [-0.4, -0.2) is 17.1 Å².